The molecule has 4 aromatic rings. The molecule has 0 bridgehead atoms. The van der Waals surface area contributed by atoms with E-state index >= 15 is 0 Å². The van der Waals surface area contributed by atoms with Gasteiger partial charge in [-0.2, -0.15) is 23.3 Å². The van der Waals surface area contributed by atoms with Crippen molar-refractivity contribution in [3.05, 3.63) is 82.0 Å². The fourth-order valence-electron chi connectivity index (χ4n) is 3.20. The molecule has 0 N–H and O–H groups in total. The average Bonchev–Trinajstić information content (AvgIpc) is 3.03. The highest BCUT2D eigenvalue weighted by atomic mass is 35.5. The van der Waals surface area contributed by atoms with Gasteiger partial charge in [0.15, 0.2) is 5.65 Å². The molecule has 0 aliphatic heterocycles. The SMILES string of the molecule is Cc1ccc(-n2nc(C)c3c(C(F)(F)F)cc(OCc4ccccc4Cl)nc32)cc1. The first-order valence-corrected chi connectivity index (χ1v) is 9.52. The van der Waals surface area contributed by atoms with Gasteiger partial charge >= 0.3 is 6.18 Å². The lowest BCUT2D eigenvalue weighted by molar-refractivity contribution is -0.136. The van der Waals surface area contributed by atoms with Crippen LogP contribution in [0.25, 0.3) is 16.7 Å². The van der Waals surface area contributed by atoms with Crippen molar-refractivity contribution < 1.29 is 17.9 Å². The molecule has 0 saturated carbocycles. The molecule has 2 aromatic heterocycles. The zero-order chi connectivity index (χ0) is 21.5. The minimum atomic E-state index is -4.59. The predicted octanol–water partition coefficient (Wildman–Crippen LogP) is 6.29. The van der Waals surface area contributed by atoms with Crippen LogP contribution in [0.1, 0.15) is 22.4 Å². The monoisotopic (exact) mass is 431 g/mol. The first-order chi connectivity index (χ1) is 14.2. The quantitative estimate of drug-likeness (QED) is 0.381. The number of rotatable bonds is 4. The number of alkyl halides is 3. The number of hydrogen-bond acceptors (Lipinski definition) is 3. The second kappa shape index (κ2) is 7.65. The number of aromatic nitrogens is 3. The summed E-state index contributed by atoms with van der Waals surface area (Å²) in [5.41, 5.74) is 1.78. The zero-order valence-electron chi connectivity index (χ0n) is 16.2. The molecule has 4 nitrogen and oxygen atoms in total. The van der Waals surface area contributed by atoms with E-state index in [0.29, 0.717) is 16.3 Å². The maximum atomic E-state index is 13.8. The van der Waals surface area contributed by atoms with Crippen LogP contribution < -0.4 is 4.74 Å². The first kappa shape index (κ1) is 20.2. The average molecular weight is 432 g/mol. The molecule has 0 radical (unpaired) electrons. The van der Waals surface area contributed by atoms with Gasteiger partial charge in [-0.05, 0) is 32.0 Å². The number of pyridine rings is 1. The lowest BCUT2D eigenvalue weighted by atomic mass is 10.1. The van der Waals surface area contributed by atoms with Gasteiger partial charge in [0.1, 0.15) is 6.61 Å². The number of ether oxygens (including phenoxy) is 1. The fourth-order valence-corrected chi connectivity index (χ4v) is 3.39. The molecule has 30 heavy (non-hydrogen) atoms. The minimum absolute atomic E-state index is 0.00682. The van der Waals surface area contributed by atoms with E-state index in [0.717, 1.165) is 11.6 Å². The van der Waals surface area contributed by atoms with Gasteiger partial charge in [0, 0.05) is 16.7 Å². The van der Waals surface area contributed by atoms with E-state index in [1.807, 2.05) is 19.1 Å². The number of aryl methyl sites for hydroxylation is 2. The maximum absolute atomic E-state index is 13.8. The van der Waals surface area contributed by atoms with Crippen LogP contribution in [0.15, 0.2) is 54.6 Å². The number of hydrogen-bond donors (Lipinski definition) is 0. The van der Waals surface area contributed by atoms with Crippen molar-refractivity contribution in [2.45, 2.75) is 26.6 Å². The molecule has 0 aliphatic carbocycles. The standard InChI is InChI=1S/C22H17ClF3N3O/c1-13-7-9-16(10-8-13)29-21-20(14(2)28-29)17(22(24,25)26)11-19(27-21)30-12-15-5-3-4-6-18(15)23/h3-11H,12H2,1-2H3. The summed E-state index contributed by atoms with van der Waals surface area (Å²) in [4.78, 5) is 4.35. The van der Waals surface area contributed by atoms with E-state index in [1.54, 1.807) is 36.4 Å². The number of halogens is 4. The Morgan fingerprint density at radius 1 is 1.03 bits per heavy atom. The highest BCUT2D eigenvalue weighted by Gasteiger charge is 2.36. The molecule has 0 fully saturated rings. The van der Waals surface area contributed by atoms with Crippen molar-refractivity contribution in [1.29, 1.82) is 0 Å². The molecule has 0 saturated heterocycles. The maximum Gasteiger partial charge on any atom is 0.417 e. The Hall–Kier alpha value is -3.06. The summed E-state index contributed by atoms with van der Waals surface area (Å²) >= 11 is 6.12. The van der Waals surface area contributed by atoms with E-state index in [4.69, 9.17) is 16.3 Å². The molecule has 0 aliphatic rings. The van der Waals surface area contributed by atoms with E-state index < -0.39 is 11.7 Å². The number of nitrogens with zero attached hydrogens (tertiary/aromatic N) is 3. The summed E-state index contributed by atoms with van der Waals surface area (Å²) in [5, 5.41) is 4.73. The summed E-state index contributed by atoms with van der Waals surface area (Å²) in [5.74, 6) is -0.150. The van der Waals surface area contributed by atoms with Crippen LogP contribution in [0, 0.1) is 13.8 Å². The number of benzene rings is 2. The fraction of sp³-hybridized carbons (Fsp3) is 0.182. The van der Waals surface area contributed by atoms with E-state index in [9.17, 15) is 13.2 Å². The third-order valence-electron chi connectivity index (χ3n) is 4.71. The molecule has 0 amide bonds. The summed E-state index contributed by atoms with van der Waals surface area (Å²) in [7, 11) is 0. The van der Waals surface area contributed by atoms with Gasteiger partial charge in [0.2, 0.25) is 5.88 Å². The van der Waals surface area contributed by atoms with Crippen LogP contribution in [0.5, 0.6) is 5.88 Å². The van der Waals surface area contributed by atoms with Crippen molar-refractivity contribution in [1.82, 2.24) is 14.8 Å². The first-order valence-electron chi connectivity index (χ1n) is 9.15. The van der Waals surface area contributed by atoms with Gasteiger partial charge in [0.25, 0.3) is 0 Å². The van der Waals surface area contributed by atoms with Gasteiger partial charge in [-0.15, -0.1) is 0 Å². The van der Waals surface area contributed by atoms with E-state index in [2.05, 4.69) is 10.1 Å². The highest BCUT2D eigenvalue weighted by Crippen LogP contribution is 2.38. The van der Waals surface area contributed by atoms with Gasteiger partial charge in [-0.3, -0.25) is 0 Å². The molecular formula is C22H17ClF3N3O. The van der Waals surface area contributed by atoms with Gasteiger partial charge < -0.3 is 4.74 Å². The smallest absolute Gasteiger partial charge is 0.417 e. The topological polar surface area (TPSA) is 39.9 Å². The molecule has 8 heteroatoms. The molecule has 0 spiro atoms. The van der Waals surface area contributed by atoms with Crippen LogP contribution in [-0.4, -0.2) is 14.8 Å². The Morgan fingerprint density at radius 2 is 1.73 bits per heavy atom. The van der Waals surface area contributed by atoms with Gasteiger partial charge in [-0.1, -0.05) is 47.5 Å². The van der Waals surface area contributed by atoms with Crippen molar-refractivity contribution in [3.8, 4) is 11.6 Å². The van der Waals surface area contributed by atoms with Crippen LogP contribution in [0.2, 0.25) is 5.02 Å². The van der Waals surface area contributed by atoms with Crippen LogP contribution >= 0.6 is 11.6 Å². The summed E-state index contributed by atoms with van der Waals surface area (Å²) in [6.07, 6.45) is -4.59. The largest absolute Gasteiger partial charge is 0.473 e. The van der Waals surface area contributed by atoms with Crippen LogP contribution in [-0.2, 0) is 12.8 Å². The third kappa shape index (κ3) is 3.85. The van der Waals surface area contributed by atoms with Crippen molar-refractivity contribution in [2.75, 3.05) is 0 Å². The minimum Gasteiger partial charge on any atom is -0.473 e. The van der Waals surface area contributed by atoms with Crippen molar-refractivity contribution in [3.63, 3.8) is 0 Å². The predicted molar refractivity (Wildman–Crippen MR) is 109 cm³/mol. The Labute approximate surface area is 175 Å². The molecule has 2 aromatic carbocycles. The summed E-state index contributed by atoms with van der Waals surface area (Å²) in [6.45, 7) is 3.46. The molecule has 0 unspecified atom stereocenters. The van der Waals surface area contributed by atoms with Gasteiger partial charge in [0.05, 0.1) is 22.3 Å². The van der Waals surface area contributed by atoms with Crippen LogP contribution in [0.3, 0.4) is 0 Å². The summed E-state index contributed by atoms with van der Waals surface area (Å²) < 4.78 is 48.5. The highest BCUT2D eigenvalue weighted by molar-refractivity contribution is 6.31. The van der Waals surface area contributed by atoms with Crippen LogP contribution in [0.4, 0.5) is 13.2 Å². The third-order valence-corrected chi connectivity index (χ3v) is 5.08. The normalized spacial score (nSPS) is 11.8. The molecule has 154 valence electrons. The van der Waals surface area contributed by atoms with Crippen molar-refractivity contribution in [2.24, 2.45) is 0 Å². The van der Waals surface area contributed by atoms with Crippen molar-refractivity contribution >= 4 is 22.6 Å². The molecule has 0 atom stereocenters. The molecule has 2 heterocycles. The zero-order valence-corrected chi connectivity index (χ0v) is 16.9. The molecule has 4 rings (SSSR count). The lowest BCUT2D eigenvalue weighted by Crippen LogP contribution is -2.09. The Kier molecular flexibility index (Phi) is 5.15. The Bertz CT molecular complexity index is 1220. The second-order valence-electron chi connectivity index (χ2n) is 6.92. The van der Waals surface area contributed by atoms with E-state index in [1.165, 1.54) is 11.6 Å². The summed E-state index contributed by atoms with van der Waals surface area (Å²) in [6, 6.07) is 15.2. The Balaban J connectivity index is 1.84. The second-order valence-corrected chi connectivity index (χ2v) is 7.32. The van der Waals surface area contributed by atoms with Gasteiger partial charge in [-0.25, -0.2) is 4.68 Å². The molecular weight excluding hydrogens is 415 g/mol. The lowest BCUT2D eigenvalue weighted by Gasteiger charge is -2.13. The number of fused-ring (bicyclic) bond motifs is 1. The Morgan fingerprint density at radius 3 is 2.40 bits per heavy atom. The van der Waals surface area contributed by atoms with E-state index in [-0.39, 0.29) is 29.2 Å².